The van der Waals surface area contributed by atoms with Crippen molar-refractivity contribution in [2.75, 3.05) is 13.2 Å². The molecule has 0 radical (unpaired) electrons. The van der Waals surface area contributed by atoms with Gasteiger partial charge < -0.3 is 19.9 Å². The van der Waals surface area contributed by atoms with Crippen molar-refractivity contribution < 1.29 is 24.2 Å². The molecule has 1 fully saturated rings. The van der Waals surface area contributed by atoms with E-state index in [9.17, 15) is 9.59 Å². The standard InChI is InChI=1S/C19H27NO5/c1-2-24-15-8-3-4-9-16(15)25-13-7-10-17(21)20-19(14-18(22)23)11-5-6-12-19/h3-4,8-9H,2,5-7,10-14H2,1H3,(H,20,21)(H,22,23). The lowest BCUT2D eigenvalue weighted by atomic mass is 9.93. The van der Waals surface area contributed by atoms with Crippen LogP contribution < -0.4 is 14.8 Å². The van der Waals surface area contributed by atoms with Gasteiger partial charge in [0.1, 0.15) is 0 Å². The van der Waals surface area contributed by atoms with Crippen LogP contribution in [0.5, 0.6) is 11.5 Å². The van der Waals surface area contributed by atoms with Gasteiger partial charge in [0, 0.05) is 6.42 Å². The Morgan fingerprint density at radius 2 is 1.80 bits per heavy atom. The molecule has 0 spiro atoms. The van der Waals surface area contributed by atoms with E-state index >= 15 is 0 Å². The minimum absolute atomic E-state index is 0.00300. The van der Waals surface area contributed by atoms with E-state index in [4.69, 9.17) is 14.6 Å². The molecule has 1 aliphatic rings. The van der Waals surface area contributed by atoms with Gasteiger partial charge in [-0.3, -0.25) is 9.59 Å². The molecule has 0 bridgehead atoms. The van der Waals surface area contributed by atoms with Gasteiger partial charge in [0.15, 0.2) is 11.5 Å². The summed E-state index contributed by atoms with van der Waals surface area (Å²) < 4.78 is 11.2. The number of amides is 1. The molecule has 0 unspecified atom stereocenters. The summed E-state index contributed by atoms with van der Waals surface area (Å²) in [5.74, 6) is 0.395. The van der Waals surface area contributed by atoms with Gasteiger partial charge in [0.05, 0.1) is 25.2 Å². The number of carboxylic acids is 1. The van der Waals surface area contributed by atoms with Crippen molar-refractivity contribution in [1.82, 2.24) is 5.32 Å². The predicted octanol–water partition coefficient (Wildman–Crippen LogP) is 3.15. The van der Waals surface area contributed by atoms with E-state index in [1.54, 1.807) is 0 Å². The first-order valence-corrected chi connectivity index (χ1v) is 8.92. The fraction of sp³-hybridized carbons (Fsp3) is 0.579. The molecule has 2 rings (SSSR count). The molecule has 6 nitrogen and oxygen atoms in total. The number of ether oxygens (including phenoxy) is 2. The summed E-state index contributed by atoms with van der Waals surface area (Å²) in [5, 5.41) is 12.0. The molecule has 6 heteroatoms. The van der Waals surface area contributed by atoms with Crippen LogP contribution in [0.1, 0.15) is 51.9 Å². The van der Waals surface area contributed by atoms with E-state index in [1.165, 1.54) is 0 Å². The molecule has 1 amide bonds. The Morgan fingerprint density at radius 1 is 1.16 bits per heavy atom. The summed E-state index contributed by atoms with van der Waals surface area (Å²) in [4.78, 5) is 23.2. The highest BCUT2D eigenvalue weighted by Crippen LogP contribution is 2.32. The Morgan fingerprint density at radius 3 is 2.40 bits per heavy atom. The van der Waals surface area contributed by atoms with Crippen molar-refractivity contribution in [3.8, 4) is 11.5 Å². The Labute approximate surface area is 148 Å². The molecular weight excluding hydrogens is 322 g/mol. The van der Waals surface area contributed by atoms with Gasteiger partial charge in [-0.25, -0.2) is 0 Å². The monoisotopic (exact) mass is 349 g/mol. The van der Waals surface area contributed by atoms with Crippen LogP contribution in [0.25, 0.3) is 0 Å². The minimum Gasteiger partial charge on any atom is -0.490 e. The lowest BCUT2D eigenvalue weighted by Gasteiger charge is -2.28. The number of aliphatic carboxylic acids is 1. The molecule has 0 aliphatic heterocycles. The molecular formula is C19H27NO5. The zero-order chi connectivity index (χ0) is 18.1. The highest BCUT2D eigenvalue weighted by molar-refractivity contribution is 5.78. The first-order chi connectivity index (χ1) is 12.0. The van der Waals surface area contributed by atoms with Gasteiger partial charge >= 0.3 is 5.97 Å². The van der Waals surface area contributed by atoms with Gasteiger partial charge in [0.25, 0.3) is 0 Å². The quantitative estimate of drug-likeness (QED) is 0.634. The normalized spacial score (nSPS) is 15.6. The Bertz CT molecular complexity index is 581. The van der Waals surface area contributed by atoms with E-state index < -0.39 is 11.5 Å². The summed E-state index contributed by atoms with van der Waals surface area (Å²) in [7, 11) is 0. The summed E-state index contributed by atoms with van der Waals surface area (Å²) >= 11 is 0. The third kappa shape index (κ3) is 5.96. The number of carbonyl (C=O) groups is 2. The SMILES string of the molecule is CCOc1ccccc1OCCCC(=O)NC1(CC(=O)O)CCCC1. The van der Waals surface area contributed by atoms with E-state index in [1.807, 2.05) is 31.2 Å². The second-order valence-electron chi connectivity index (χ2n) is 6.44. The molecule has 1 saturated carbocycles. The van der Waals surface area contributed by atoms with Gasteiger partial charge in [-0.1, -0.05) is 25.0 Å². The fourth-order valence-electron chi connectivity index (χ4n) is 3.30. The zero-order valence-electron chi connectivity index (χ0n) is 14.8. The Kier molecular flexibility index (Phi) is 7.10. The number of para-hydroxylation sites is 2. The average molecular weight is 349 g/mol. The van der Waals surface area contributed by atoms with Crippen molar-refractivity contribution >= 4 is 11.9 Å². The largest absolute Gasteiger partial charge is 0.490 e. The van der Waals surface area contributed by atoms with Crippen molar-refractivity contribution in [2.24, 2.45) is 0 Å². The van der Waals surface area contributed by atoms with Crippen LogP contribution in [0.3, 0.4) is 0 Å². The molecule has 1 aromatic rings. The number of rotatable bonds is 10. The van der Waals surface area contributed by atoms with Crippen LogP contribution >= 0.6 is 0 Å². The second-order valence-corrected chi connectivity index (χ2v) is 6.44. The van der Waals surface area contributed by atoms with Crippen LogP contribution in [-0.2, 0) is 9.59 Å². The van der Waals surface area contributed by atoms with Gasteiger partial charge in [-0.05, 0) is 38.3 Å². The Hall–Kier alpha value is -2.24. The number of hydrogen-bond donors (Lipinski definition) is 2. The smallest absolute Gasteiger partial charge is 0.305 e. The molecule has 1 aromatic carbocycles. The van der Waals surface area contributed by atoms with Crippen molar-refractivity contribution in [3.05, 3.63) is 24.3 Å². The van der Waals surface area contributed by atoms with E-state index in [0.717, 1.165) is 25.7 Å². The summed E-state index contributed by atoms with van der Waals surface area (Å²) in [6.07, 6.45) is 4.28. The zero-order valence-corrected chi connectivity index (χ0v) is 14.8. The highest BCUT2D eigenvalue weighted by Gasteiger charge is 2.37. The number of benzene rings is 1. The third-order valence-corrected chi connectivity index (χ3v) is 4.41. The molecule has 0 heterocycles. The second kappa shape index (κ2) is 9.30. The van der Waals surface area contributed by atoms with Gasteiger partial charge in [-0.2, -0.15) is 0 Å². The van der Waals surface area contributed by atoms with Crippen LogP contribution in [0, 0.1) is 0 Å². The molecule has 138 valence electrons. The number of carboxylic acid groups (broad SMARTS) is 1. The van der Waals surface area contributed by atoms with Gasteiger partial charge in [0.2, 0.25) is 5.91 Å². The maximum atomic E-state index is 12.2. The summed E-state index contributed by atoms with van der Waals surface area (Å²) in [5.41, 5.74) is -0.564. The molecule has 2 N–H and O–H groups in total. The molecule has 0 saturated heterocycles. The van der Waals surface area contributed by atoms with E-state index in [-0.39, 0.29) is 12.3 Å². The fourth-order valence-corrected chi connectivity index (χ4v) is 3.30. The maximum Gasteiger partial charge on any atom is 0.305 e. The van der Waals surface area contributed by atoms with Crippen molar-refractivity contribution in [2.45, 2.75) is 57.4 Å². The van der Waals surface area contributed by atoms with Crippen molar-refractivity contribution in [3.63, 3.8) is 0 Å². The topological polar surface area (TPSA) is 84.9 Å². The third-order valence-electron chi connectivity index (χ3n) is 4.41. The molecule has 0 atom stereocenters. The van der Waals surface area contributed by atoms with Crippen LogP contribution in [0.4, 0.5) is 0 Å². The van der Waals surface area contributed by atoms with E-state index in [0.29, 0.717) is 37.6 Å². The molecule has 0 aromatic heterocycles. The van der Waals surface area contributed by atoms with Gasteiger partial charge in [-0.15, -0.1) is 0 Å². The van der Waals surface area contributed by atoms with Crippen LogP contribution in [0.2, 0.25) is 0 Å². The molecule has 25 heavy (non-hydrogen) atoms. The van der Waals surface area contributed by atoms with Crippen LogP contribution in [-0.4, -0.2) is 35.7 Å². The predicted molar refractivity (Wildman–Crippen MR) is 93.9 cm³/mol. The highest BCUT2D eigenvalue weighted by atomic mass is 16.5. The minimum atomic E-state index is -0.863. The van der Waals surface area contributed by atoms with Crippen molar-refractivity contribution in [1.29, 1.82) is 0 Å². The lowest BCUT2D eigenvalue weighted by molar-refractivity contribution is -0.139. The maximum absolute atomic E-state index is 12.2. The number of hydrogen-bond acceptors (Lipinski definition) is 4. The Balaban J connectivity index is 1.76. The van der Waals surface area contributed by atoms with Crippen LogP contribution in [0.15, 0.2) is 24.3 Å². The first kappa shape index (κ1) is 19.1. The first-order valence-electron chi connectivity index (χ1n) is 8.92. The summed E-state index contributed by atoms with van der Waals surface area (Å²) in [6, 6.07) is 7.45. The lowest BCUT2D eigenvalue weighted by Crippen LogP contribution is -2.47. The average Bonchev–Trinajstić information content (AvgIpc) is 3.00. The number of nitrogens with one attached hydrogen (secondary N) is 1. The summed E-state index contributed by atoms with van der Waals surface area (Å²) in [6.45, 7) is 2.88. The van der Waals surface area contributed by atoms with E-state index in [2.05, 4.69) is 5.32 Å². The number of carbonyl (C=O) groups excluding carboxylic acids is 1. The molecule has 1 aliphatic carbocycles.